The summed E-state index contributed by atoms with van der Waals surface area (Å²) in [5.41, 5.74) is 6.52. The van der Waals surface area contributed by atoms with Crippen molar-refractivity contribution in [2.45, 2.75) is 44.6 Å². The molecule has 1 amide bonds. The molecule has 3 fully saturated rings. The van der Waals surface area contributed by atoms with Crippen LogP contribution in [0.2, 0.25) is 0 Å². The lowest BCUT2D eigenvalue weighted by atomic mass is 9.64. The van der Waals surface area contributed by atoms with Crippen LogP contribution < -0.4 is 21.9 Å². The molecule has 3 aromatic rings. The van der Waals surface area contributed by atoms with Gasteiger partial charge in [-0.2, -0.15) is 9.61 Å². The van der Waals surface area contributed by atoms with Crippen LogP contribution >= 0.6 is 0 Å². The van der Waals surface area contributed by atoms with Crippen molar-refractivity contribution in [1.29, 1.82) is 0 Å². The second-order valence-electron chi connectivity index (χ2n) is 9.16. The molecular formula is C23H29N7O3. The van der Waals surface area contributed by atoms with Gasteiger partial charge < -0.3 is 25.7 Å². The van der Waals surface area contributed by atoms with E-state index in [0.29, 0.717) is 23.0 Å². The van der Waals surface area contributed by atoms with Crippen LogP contribution in [-0.4, -0.2) is 45.3 Å². The number of nitrogens with two attached hydrogens (primary N) is 1. The second kappa shape index (κ2) is 8.51. The molecule has 2 aliphatic carbocycles. The van der Waals surface area contributed by atoms with Crippen LogP contribution in [0.5, 0.6) is 0 Å². The van der Waals surface area contributed by atoms with Gasteiger partial charge in [0.05, 0.1) is 19.4 Å². The number of nitrogens with zero attached hydrogens (tertiary/aromatic N) is 4. The predicted molar refractivity (Wildman–Crippen MR) is 125 cm³/mol. The Hall–Kier alpha value is -3.40. The topological polar surface area (TPSA) is 129 Å². The van der Waals surface area contributed by atoms with Gasteiger partial charge in [0.15, 0.2) is 5.65 Å². The first kappa shape index (κ1) is 21.4. The number of pyridine rings is 1. The largest absolute Gasteiger partial charge is 0.380 e. The van der Waals surface area contributed by atoms with E-state index < -0.39 is 5.91 Å². The van der Waals surface area contributed by atoms with Crippen LogP contribution in [0.25, 0.3) is 5.65 Å². The van der Waals surface area contributed by atoms with Gasteiger partial charge in [-0.3, -0.25) is 9.59 Å². The molecule has 10 heteroatoms. The highest BCUT2D eigenvalue weighted by molar-refractivity contribution is 5.98. The smallest absolute Gasteiger partial charge is 0.274 e. The van der Waals surface area contributed by atoms with Crippen molar-refractivity contribution in [3.8, 4) is 0 Å². The number of hydrogen-bond acceptors (Lipinski definition) is 7. The zero-order valence-electron chi connectivity index (χ0n) is 18.7. The van der Waals surface area contributed by atoms with Gasteiger partial charge >= 0.3 is 0 Å². The molecular weight excluding hydrogens is 422 g/mol. The monoisotopic (exact) mass is 451 g/mol. The molecule has 0 unspecified atom stereocenters. The van der Waals surface area contributed by atoms with Crippen molar-refractivity contribution < 1.29 is 9.53 Å². The van der Waals surface area contributed by atoms with E-state index >= 15 is 0 Å². The molecule has 174 valence electrons. The van der Waals surface area contributed by atoms with Crippen molar-refractivity contribution in [1.82, 2.24) is 19.2 Å². The fourth-order valence-electron chi connectivity index (χ4n) is 4.42. The van der Waals surface area contributed by atoms with E-state index in [9.17, 15) is 9.59 Å². The Morgan fingerprint density at radius 1 is 1.24 bits per heavy atom. The lowest BCUT2D eigenvalue weighted by Gasteiger charge is -2.53. The maximum absolute atomic E-state index is 13.0. The lowest BCUT2D eigenvalue weighted by molar-refractivity contribution is -0.174. The van der Waals surface area contributed by atoms with E-state index in [4.69, 9.17) is 10.5 Å². The van der Waals surface area contributed by atoms with Crippen LogP contribution in [0.4, 0.5) is 17.3 Å². The Morgan fingerprint density at radius 2 is 1.97 bits per heavy atom. The summed E-state index contributed by atoms with van der Waals surface area (Å²) in [5, 5.41) is 10.2. The number of rotatable bonds is 5. The average molecular weight is 452 g/mol. The quantitative estimate of drug-likeness (QED) is 0.544. The SMILES string of the molecule is C1CCC1.CNc1cc(Nc2cccn(C3CC4(COC4)C3)c2=O)nc2c(C(N)=O)cnn12. The number of fused-ring (bicyclic) bond motifs is 1. The predicted octanol–water partition coefficient (Wildman–Crippen LogP) is 2.69. The highest BCUT2D eigenvalue weighted by atomic mass is 16.5. The molecule has 0 aromatic carbocycles. The minimum atomic E-state index is -0.618. The van der Waals surface area contributed by atoms with Gasteiger partial charge in [0.2, 0.25) is 0 Å². The summed E-state index contributed by atoms with van der Waals surface area (Å²) in [7, 11) is 1.73. The minimum Gasteiger partial charge on any atom is -0.380 e. The first-order chi connectivity index (χ1) is 16.0. The zero-order chi connectivity index (χ0) is 23.0. The van der Waals surface area contributed by atoms with Crippen molar-refractivity contribution >= 4 is 28.9 Å². The Kier molecular flexibility index (Phi) is 5.53. The molecule has 6 rings (SSSR count). The number of nitrogens with one attached hydrogen (secondary N) is 2. The molecule has 0 atom stereocenters. The molecule has 4 heterocycles. The van der Waals surface area contributed by atoms with Gasteiger partial charge in [-0.05, 0) is 25.0 Å². The van der Waals surface area contributed by atoms with E-state index in [2.05, 4.69) is 20.7 Å². The number of ether oxygens (including phenoxy) is 1. The lowest BCUT2D eigenvalue weighted by Crippen LogP contribution is -2.53. The molecule has 10 nitrogen and oxygen atoms in total. The molecule has 4 N–H and O–H groups in total. The van der Waals surface area contributed by atoms with Gasteiger partial charge in [-0.25, -0.2) is 4.98 Å². The van der Waals surface area contributed by atoms with Crippen LogP contribution in [0.15, 0.2) is 35.4 Å². The van der Waals surface area contributed by atoms with Crippen LogP contribution in [-0.2, 0) is 4.74 Å². The van der Waals surface area contributed by atoms with Gasteiger partial charge in [-0.1, -0.05) is 25.7 Å². The third-order valence-electron chi connectivity index (χ3n) is 6.78. The Morgan fingerprint density at radius 3 is 2.55 bits per heavy atom. The van der Waals surface area contributed by atoms with Crippen LogP contribution in [0.3, 0.4) is 0 Å². The summed E-state index contributed by atoms with van der Waals surface area (Å²) in [6.45, 7) is 1.58. The number of carbonyl (C=O) groups excluding carboxylic acids is 1. The highest BCUT2D eigenvalue weighted by Gasteiger charge is 2.50. The number of anilines is 3. The van der Waals surface area contributed by atoms with Gasteiger partial charge in [0, 0.05) is 30.8 Å². The van der Waals surface area contributed by atoms with Crippen molar-refractivity contribution in [3.63, 3.8) is 0 Å². The van der Waals surface area contributed by atoms with E-state index in [1.165, 1.54) is 36.4 Å². The molecule has 1 saturated heterocycles. The normalized spacial score (nSPS) is 18.5. The Bertz CT molecular complexity index is 1230. The van der Waals surface area contributed by atoms with E-state index in [1.807, 2.05) is 12.3 Å². The van der Waals surface area contributed by atoms with Crippen LogP contribution in [0, 0.1) is 5.41 Å². The van der Waals surface area contributed by atoms with E-state index in [-0.39, 0.29) is 22.6 Å². The Balaban J connectivity index is 0.000000517. The first-order valence-corrected chi connectivity index (χ1v) is 11.4. The maximum atomic E-state index is 13.0. The molecule has 0 radical (unpaired) electrons. The summed E-state index contributed by atoms with van der Waals surface area (Å²) >= 11 is 0. The highest BCUT2D eigenvalue weighted by Crippen LogP contribution is 2.52. The molecule has 1 spiro atoms. The summed E-state index contributed by atoms with van der Waals surface area (Å²) in [6, 6.07) is 5.46. The summed E-state index contributed by atoms with van der Waals surface area (Å²) in [6.07, 6.45) is 11.1. The fraction of sp³-hybridized carbons (Fsp3) is 0.478. The standard InChI is InChI=1S/C19H21N7O3.C4H8/c1-21-15-5-14(24-17-12(16(20)27)8-22-26(15)17)23-13-3-2-4-25(18(13)28)11-6-19(7-11)9-29-10-19;1-2-4-3-1/h2-5,8,11,21H,6-7,9-10H2,1H3,(H2,20,27)(H,23,24);1-4H2. The summed E-state index contributed by atoms with van der Waals surface area (Å²) in [4.78, 5) is 29.1. The number of amides is 1. The maximum Gasteiger partial charge on any atom is 0.274 e. The number of carbonyl (C=O) groups is 1. The summed E-state index contributed by atoms with van der Waals surface area (Å²) in [5.74, 6) is 0.400. The first-order valence-electron chi connectivity index (χ1n) is 11.4. The molecule has 33 heavy (non-hydrogen) atoms. The molecule has 3 aliphatic rings. The zero-order valence-corrected chi connectivity index (χ0v) is 18.7. The number of aromatic nitrogens is 4. The third kappa shape index (κ3) is 3.95. The minimum absolute atomic E-state index is 0.107. The molecule has 3 aromatic heterocycles. The van der Waals surface area contributed by atoms with Gasteiger partial charge in [0.25, 0.3) is 11.5 Å². The Labute approximate surface area is 191 Å². The van der Waals surface area contributed by atoms with Gasteiger partial charge in [-0.15, -0.1) is 0 Å². The van der Waals surface area contributed by atoms with E-state index in [0.717, 1.165) is 26.1 Å². The second-order valence-corrected chi connectivity index (χ2v) is 9.16. The average Bonchev–Trinajstić information content (AvgIpc) is 3.11. The van der Waals surface area contributed by atoms with E-state index in [1.54, 1.807) is 23.7 Å². The van der Waals surface area contributed by atoms with Gasteiger partial charge in [0.1, 0.15) is 22.9 Å². The number of hydrogen-bond donors (Lipinski definition) is 3. The third-order valence-corrected chi connectivity index (χ3v) is 6.78. The number of primary amides is 1. The van der Waals surface area contributed by atoms with Crippen molar-refractivity contribution in [2.75, 3.05) is 30.9 Å². The van der Waals surface area contributed by atoms with Crippen LogP contribution in [0.1, 0.15) is 54.9 Å². The molecule has 0 bridgehead atoms. The molecule has 1 aliphatic heterocycles. The van der Waals surface area contributed by atoms with Crippen molar-refractivity contribution in [2.24, 2.45) is 11.1 Å². The molecule has 2 saturated carbocycles. The fourth-order valence-corrected chi connectivity index (χ4v) is 4.42. The summed E-state index contributed by atoms with van der Waals surface area (Å²) < 4.78 is 8.58. The van der Waals surface area contributed by atoms with Crippen molar-refractivity contribution in [3.05, 3.63) is 46.5 Å².